The lowest BCUT2D eigenvalue weighted by molar-refractivity contribution is -0.147. The predicted octanol–water partition coefficient (Wildman–Crippen LogP) is 5.36. The van der Waals surface area contributed by atoms with Gasteiger partial charge in [0.2, 0.25) is 0 Å². The van der Waals surface area contributed by atoms with E-state index in [1.165, 1.54) is 11.8 Å². The standard InChI is InChI=1S/C27H24N2O4S/c1-2-32-26(31)19-33-23-15-9-10-20(16-23)17-25-24(18-30)29(22-13-7-4-8-14-22)27(34-25)28-21-11-5-3-6-12-21/h3-15,17,25H,2,16,19H2,1H3. The van der Waals surface area contributed by atoms with Gasteiger partial charge >= 0.3 is 5.97 Å². The highest BCUT2D eigenvalue weighted by Crippen LogP contribution is 2.40. The lowest BCUT2D eigenvalue weighted by atomic mass is 10.0. The molecule has 2 aromatic rings. The second-order valence-electron chi connectivity index (χ2n) is 7.43. The van der Waals surface area contributed by atoms with Gasteiger partial charge in [-0.15, -0.1) is 0 Å². The zero-order chi connectivity index (χ0) is 23.8. The highest BCUT2D eigenvalue weighted by molar-refractivity contribution is 8.15. The van der Waals surface area contributed by atoms with Crippen LogP contribution in [0.4, 0.5) is 11.4 Å². The third-order valence-corrected chi connectivity index (χ3v) is 6.15. The summed E-state index contributed by atoms with van der Waals surface area (Å²) in [5, 5.41) is 0.427. The van der Waals surface area contributed by atoms with E-state index in [-0.39, 0.29) is 11.9 Å². The number of thioether (sulfide) groups is 1. The minimum atomic E-state index is -0.402. The molecular weight excluding hydrogens is 448 g/mol. The second kappa shape index (κ2) is 11.4. The summed E-state index contributed by atoms with van der Waals surface area (Å²) in [5.41, 5.74) is 3.11. The first-order chi connectivity index (χ1) is 16.7. The lowest BCUT2D eigenvalue weighted by Gasteiger charge is -2.18. The number of anilines is 1. The first-order valence-electron chi connectivity index (χ1n) is 10.9. The maximum Gasteiger partial charge on any atom is 0.344 e. The van der Waals surface area contributed by atoms with Crippen LogP contribution in [0.2, 0.25) is 0 Å². The molecule has 172 valence electrons. The molecule has 0 N–H and O–H groups in total. The quantitative estimate of drug-likeness (QED) is 0.399. The first-order valence-corrected chi connectivity index (χ1v) is 11.8. The third kappa shape index (κ3) is 5.76. The van der Waals surface area contributed by atoms with Gasteiger partial charge in [-0.3, -0.25) is 4.90 Å². The van der Waals surface area contributed by atoms with Crippen LogP contribution >= 0.6 is 11.8 Å². The summed E-state index contributed by atoms with van der Waals surface area (Å²) in [7, 11) is 0. The first kappa shape index (κ1) is 23.4. The molecule has 1 atom stereocenters. The molecule has 34 heavy (non-hydrogen) atoms. The van der Waals surface area contributed by atoms with Gasteiger partial charge in [-0.2, -0.15) is 0 Å². The molecule has 1 aliphatic carbocycles. The Kier molecular flexibility index (Phi) is 7.81. The molecule has 0 spiro atoms. The number of benzene rings is 2. The molecule has 1 saturated heterocycles. The van der Waals surface area contributed by atoms with Crippen molar-refractivity contribution in [2.24, 2.45) is 4.99 Å². The summed E-state index contributed by atoms with van der Waals surface area (Å²) >= 11 is 1.49. The molecule has 7 heteroatoms. The van der Waals surface area contributed by atoms with E-state index in [2.05, 4.69) is 5.94 Å². The van der Waals surface area contributed by atoms with Gasteiger partial charge < -0.3 is 9.47 Å². The van der Waals surface area contributed by atoms with Crippen LogP contribution in [0.3, 0.4) is 0 Å². The van der Waals surface area contributed by atoms with E-state index in [1.807, 2.05) is 89.9 Å². The number of allylic oxidation sites excluding steroid dienone is 4. The van der Waals surface area contributed by atoms with Crippen LogP contribution in [0.1, 0.15) is 13.3 Å². The third-order valence-electron chi connectivity index (χ3n) is 5.05. The Bertz CT molecular complexity index is 1200. The monoisotopic (exact) mass is 472 g/mol. The summed E-state index contributed by atoms with van der Waals surface area (Å²) in [6.45, 7) is 1.94. The van der Waals surface area contributed by atoms with E-state index in [4.69, 9.17) is 14.5 Å². The van der Waals surface area contributed by atoms with Gasteiger partial charge in [0.15, 0.2) is 11.8 Å². The fourth-order valence-corrected chi connectivity index (χ4v) is 4.75. The number of nitrogens with zero attached hydrogens (tertiary/aromatic N) is 2. The van der Waals surface area contributed by atoms with E-state index < -0.39 is 5.97 Å². The highest BCUT2D eigenvalue weighted by Gasteiger charge is 2.36. The maximum absolute atomic E-state index is 12.1. The van der Waals surface area contributed by atoms with Gasteiger partial charge in [-0.05, 0) is 42.8 Å². The number of carbonyl (C=O) groups excluding carboxylic acids is 2. The number of hydrogen-bond acceptors (Lipinski definition) is 6. The molecule has 0 bridgehead atoms. The largest absolute Gasteiger partial charge is 0.486 e. The molecule has 0 radical (unpaired) electrons. The molecule has 6 nitrogen and oxygen atoms in total. The zero-order valence-electron chi connectivity index (χ0n) is 18.7. The van der Waals surface area contributed by atoms with Gasteiger partial charge in [-0.1, -0.05) is 66.4 Å². The number of amidine groups is 1. The Hall–Kier alpha value is -3.80. The molecule has 4 rings (SSSR count). The molecule has 0 amide bonds. The molecule has 0 aromatic heterocycles. The fraction of sp³-hybridized carbons (Fsp3) is 0.185. The van der Waals surface area contributed by atoms with Crippen molar-refractivity contribution in [3.05, 3.63) is 102 Å². The average molecular weight is 473 g/mol. The van der Waals surface area contributed by atoms with Crippen molar-refractivity contribution >= 4 is 40.2 Å². The van der Waals surface area contributed by atoms with E-state index in [0.717, 1.165) is 16.9 Å². The Morgan fingerprint density at radius 1 is 1.18 bits per heavy atom. The van der Waals surface area contributed by atoms with Gasteiger partial charge in [0, 0.05) is 12.1 Å². The Morgan fingerprint density at radius 2 is 1.91 bits per heavy atom. The number of ether oxygens (including phenoxy) is 2. The van der Waals surface area contributed by atoms with Crippen molar-refractivity contribution < 1.29 is 19.1 Å². The van der Waals surface area contributed by atoms with Gasteiger partial charge in [-0.25, -0.2) is 14.6 Å². The van der Waals surface area contributed by atoms with Crippen LogP contribution in [0.5, 0.6) is 0 Å². The Labute approximate surface area is 203 Å². The normalized spacial score (nSPS) is 19.8. The maximum atomic E-state index is 12.1. The van der Waals surface area contributed by atoms with Gasteiger partial charge in [0.05, 0.1) is 17.5 Å². The van der Waals surface area contributed by atoms with Crippen LogP contribution in [0.25, 0.3) is 0 Å². The Balaban J connectivity index is 1.59. The van der Waals surface area contributed by atoms with Crippen LogP contribution in [-0.4, -0.2) is 35.5 Å². The Morgan fingerprint density at radius 3 is 2.62 bits per heavy atom. The van der Waals surface area contributed by atoms with E-state index >= 15 is 0 Å². The zero-order valence-corrected chi connectivity index (χ0v) is 19.5. The minimum Gasteiger partial charge on any atom is -0.486 e. The van der Waals surface area contributed by atoms with Crippen molar-refractivity contribution in [2.45, 2.75) is 18.6 Å². The number of esters is 1. The summed E-state index contributed by atoms with van der Waals surface area (Å²) in [4.78, 5) is 30.4. The number of para-hydroxylation sites is 2. The molecule has 1 fully saturated rings. The highest BCUT2D eigenvalue weighted by atomic mass is 32.2. The predicted molar refractivity (Wildman–Crippen MR) is 136 cm³/mol. The number of hydrogen-bond donors (Lipinski definition) is 0. The fourth-order valence-electron chi connectivity index (χ4n) is 3.55. The van der Waals surface area contributed by atoms with Crippen molar-refractivity contribution in [3.8, 4) is 0 Å². The average Bonchev–Trinajstić information content (AvgIpc) is 3.20. The van der Waals surface area contributed by atoms with Crippen LogP contribution in [0, 0.1) is 0 Å². The summed E-state index contributed by atoms with van der Waals surface area (Å²) in [5.74, 6) is 2.41. The molecule has 1 aliphatic heterocycles. The van der Waals surface area contributed by atoms with Crippen molar-refractivity contribution in [1.82, 2.24) is 0 Å². The number of carbonyl (C=O) groups is 1. The molecule has 1 unspecified atom stereocenters. The van der Waals surface area contributed by atoms with Crippen LogP contribution < -0.4 is 4.90 Å². The van der Waals surface area contributed by atoms with Gasteiger partial charge in [0.1, 0.15) is 17.4 Å². The summed E-state index contributed by atoms with van der Waals surface area (Å²) in [6, 6.07) is 19.3. The molecule has 0 saturated carbocycles. The SMILES string of the molecule is CCOC(=O)COC1=CC=CC(=CC2SC(=Nc3ccccc3)N(c3ccccc3)C2=C=O)C1. The van der Waals surface area contributed by atoms with E-state index in [9.17, 15) is 9.59 Å². The van der Waals surface area contributed by atoms with Crippen LogP contribution in [0.15, 0.2) is 107 Å². The number of aliphatic imine (C=N–C) groups is 1. The summed E-state index contributed by atoms with van der Waals surface area (Å²) in [6.07, 6.45) is 8.20. The molecular formula is C27H24N2O4S. The van der Waals surface area contributed by atoms with E-state index in [1.54, 1.807) is 6.92 Å². The van der Waals surface area contributed by atoms with Crippen molar-refractivity contribution in [3.63, 3.8) is 0 Å². The lowest BCUT2D eigenvalue weighted by Crippen LogP contribution is -2.23. The topological polar surface area (TPSA) is 68.2 Å². The smallest absolute Gasteiger partial charge is 0.344 e. The minimum absolute atomic E-state index is 0.131. The second-order valence-corrected chi connectivity index (χ2v) is 8.54. The molecule has 2 aromatic carbocycles. The van der Waals surface area contributed by atoms with Crippen molar-refractivity contribution in [2.75, 3.05) is 18.1 Å². The molecule has 2 aliphatic rings. The van der Waals surface area contributed by atoms with Crippen molar-refractivity contribution in [1.29, 1.82) is 0 Å². The van der Waals surface area contributed by atoms with Gasteiger partial charge in [0.25, 0.3) is 0 Å². The van der Waals surface area contributed by atoms with E-state index in [0.29, 0.717) is 29.7 Å². The number of rotatable bonds is 7. The summed E-state index contributed by atoms with van der Waals surface area (Å²) < 4.78 is 10.5. The van der Waals surface area contributed by atoms with Crippen LogP contribution in [-0.2, 0) is 19.1 Å². The molecule has 1 heterocycles.